The predicted octanol–water partition coefficient (Wildman–Crippen LogP) is 0.598. The summed E-state index contributed by atoms with van der Waals surface area (Å²) in [6.07, 6.45) is 3.05. The largest absolute Gasteiger partial charge is 0.330 e. The summed E-state index contributed by atoms with van der Waals surface area (Å²) in [6.45, 7) is 6.67. The van der Waals surface area contributed by atoms with E-state index in [-0.39, 0.29) is 0 Å². The highest BCUT2D eigenvalue weighted by molar-refractivity contribution is 4.64. The van der Waals surface area contributed by atoms with Gasteiger partial charge in [-0.1, -0.05) is 6.58 Å². The number of nitrogens with two attached hydrogens (primary N) is 1. The molecule has 0 heterocycles. The molecule has 0 unspecified atom stereocenters. The Morgan fingerprint density at radius 2 is 2.10 bits per heavy atom. The Labute approximate surface area is 63.9 Å². The van der Waals surface area contributed by atoms with E-state index >= 15 is 0 Å². The van der Waals surface area contributed by atoms with Gasteiger partial charge in [0, 0.05) is 6.42 Å². The third kappa shape index (κ3) is 4.53. The van der Waals surface area contributed by atoms with Crippen LogP contribution in [-0.2, 0) is 0 Å². The highest BCUT2D eigenvalue weighted by Gasteiger charge is 2.10. The van der Waals surface area contributed by atoms with Crippen molar-refractivity contribution in [3.05, 3.63) is 12.7 Å². The lowest BCUT2D eigenvalue weighted by atomic mass is 10.3. The number of nitrogens with zero attached hydrogens (tertiary/aromatic N) is 1. The molecule has 0 bridgehead atoms. The van der Waals surface area contributed by atoms with Gasteiger partial charge in [-0.05, 0) is 12.6 Å². The third-order valence-electron chi connectivity index (χ3n) is 1.59. The maximum Gasteiger partial charge on any atom is 0.0966 e. The Balaban J connectivity index is 3.51. The molecule has 2 heteroatoms. The van der Waals surface area contributed by atoms with Gasteiger partial charge in [-0.25, -0.2) is 0 Å². The summed E-state index contributed by atoms with van der Waals surface area (Å²) in [5.74, 6) is 0. The van der Waals surface area contributed by atoms with Crippen LogP contribution in [0, 0.1) is 0 Å². The minimum atomic E-state index is 0.790. The quantitative estimate of drug-likeness (QED) is 0.442. The molecule has 10 heavy (non-hydrogen) atoms. The van der Waals surface area contributed by atoms with Crippen LogP contribution in [0.4, 0.5) is 0 Å². The Morgan fingerprint density at radius 3 is 2.50 bits per heavy atom. The molecular formula is C8H19N2+. The zero-order valence-corrected chi connectivity index (χ0v) is 7.14. The van der Waals surface area contributed by atoms with Gasteiger partial charge in [0.15, 0.2) is 0 Å². The van der Waals surface area contributed by atoms with Crippen LogP contribution in [0.3, 0.4) is 0 Å². The van der Waals surface area contributed by atoms with Crippen LogP contribution >= 0.6 is 0 Å². The molecular weight excluding hydrogens is 124 g/mol. The van der Waals surface area contributed by atoms with Gasteiger partial charge in [0.25, 0.3) is 0 Å². The highest BCUT2D eigenvalue weighted by atomic mass is 15.3. The van der Waals surface area contributed by atoms with E-state index in [4.69, 9.17) is 5.73 Å². The highest BCUT2D eigenvalue weighted by Crippen LogP contribution is 1.97. The van der Waals surface area contributed by atoms with Gasteiger partial charge >= 0.3 is 0 Å². The second-order valence-electron chi connectivity index (χ2n) is 3.27. The lowest BCUT2D eigenvalue weighted by Crippen LogP contribution is -2.41. The second kappa shape index (κ2) is 4.47. The number of hydrogen-bond donors (Lipinski definition) is 1. The van der Waals surface area contributed by atoms with Crippen LogP contribution in [0.25, 0.3) is 0 Å². The summed E-state index contributed by atoms with van der Waals surface area (Å²) in [7, 11) is 4.38. The number of likely N-dealkylation sites (N-methyl/N-ethyl adjacent to an activating group) is 1. The van der Waals surface area contributed by atoms with Crippen LogP contribution in [0.1, 0.15) is 6.42 Å². The van der Waals surface area contributed by atoms with E-state index < -0.39 is 0 Å². The molecule has 0 rings (SSSR count). The average molecular weight is 143 g/mol. The van der Waals surface area contributed by atoms with Crippen molar-refractivity contribution in [2.75, 3.05) is 33.7 Å². The van der Waals surface area contributed by atoms with Crippen LogP contribution in [-0.4, -0.2) is 38.2 Å². The Bertz CT molecular complexity index is 97.4. The van der Waals surface area contributed by atoms with E-state index in [2.05, 4.69) is 20.7 Å². The topological polar surface area (TPSA) is 26.0 Å². The zero-order chi connectivity index (χ0) is 8.04. The number of quaternary nitrogens is 1. The van der Waals surface area contributed by atoms with Gasteiger partial charge in [-0.3, -0.25) is 0 Å². The molecule has 0 amide bonds. The molecule has 0 aliphatic rings. The molecule has 0 atom stereocenters. The van der Waals surface area contributed by atoms with Crippen LogP contribution in [0.2, 0.25) is 0 Å². The molecule has 0 aliphatic heterocycles. The molecule has 60 valence electrons. The average Bonchev–Trinajstić information content (AvgIpc) is 1.84. The van der Waals surface area contributed by atoms with Crippen molar-refractivity contribution >= 4 is 0 Å². The molecule has 0 aromatic heterocycles. The fourth-order valence-corrected chi connectivity index (χ4v) is 0.960. The Kier molecular flexibility index (Phi) is 4.32. The molecule has 2 nitrogen and oxygen atoms in total. The minimum Gasteiger partial charge on any atom is -0.330 e. The summed E-state index contributed by atoms with van der Waals surface area (Å²) < 4.78 is 1.00. The maximum absolute atomic E-state index is 5.40. The first-order valence-electron chi connectivity index (χ1n) is 3.75. The molecule has 0 aliphatic carbocycles. The van der Waals surface area contributed by atoms with Crippen LogP contribution < -0.4 is 5.73 Å². The molecule has 0 saturated carbocycles. The summed E-state index contributed by atoms with van der Waals surface area (Å²) in [5.41, 5.74) is 5.40. The fraction of sp³-hybridized carbons (Fsp3) is 0.750. The molecule has 0 aromatic carbocycles. The van der Waals surface area contributed by atoms with Crippen molar-refractivity contribution in [1.82, 2.24) is 0 Å². The SMILES string of the molecule is C=CC[N+](C)(C)CCCN. The molecule has 0 spiro atoms. The van der Waals surface area contributed by atoms with Gasteiger partial charge in [0.1, 0.15) is 0 Å². The Morgan fingerprint density at radius 1 is 1.50 bits per heavy atom. The summed E-state index contributed by atoms with van der Waals surface area (Å²) >= 11 is 0. The summed E-state index contributed by atoms with van der Waals surface area (Å²) in [4.78, 5) is 0. The van der Waals surface area contributed by atoms with E-state index in [9.17, 15) is 0 Å². The van der Waals surface area contributed by atoms with E-state index in [0.29, 0.717) is 0 Å². The van der Waals surface area contributed by atoms with Crippen molar-refractivity contribution < 1.29 is 4.48 Å². The van der Waals surface area contributed by atoms with E-state index in [1.165, 1.54) is 0 Å². The van der Waals surface area contributed by atoms with E-state index in [1.54, 1.807) is 0 Å². The van der Waals surface area contributed by atoms with Crippen molar-refractivity contribution in [3.8, 4) is 0 Å². The molecule has 0 fully saturated rings. The van der Waals surface area contributed by atoms with E-state index in [1.807, 2.05) is 6.08 Å². The van der Waals surface area contributed by atoms with E-state index in [0.717, 1.165) is 30.5 Å². The van der Waals surface area contributed by atoms with Gasteiger partial charge < -0.3 is 10.2 Å². The third-order valence-corrected chi connectivity index (χ3v) is 1.59. The zero-order valence-electron chi connectivity index (χ0n) is 7.14. The first kappa shape index (κ1) is 9.66. The monoisotopic (exact) mass is 143 g/mol. The van der Waals surface area contributed by atoms with Gasteiger partial charge in [0.05, 0.1) is 27.2 Å². The molecule has 0 aromatic rings. The normalized spacial score (nSPS) is 11.5. The Hall–Kier alpha value is -0.340. The van der Waals surface area contributed by atoms with Crippen molar-refractivity contribution in [2.24, 2.45) is 5.73 Å². The fourth-order valence-electron chi connectivity index (χ4n) is 0.960. The smallest absolute Gasteiger partial charge is 0.0966 e. The molecule has 2 N–H and O–H groups in total. The maximum atomic E-state index is 5.40. The lowest BCUT2D eigenvalue weighted by molar-refractivity contribution is -0.884. The van der Waals surface area contributed by atoms with Gasteiger partial charge in [-0.15, -0.1) is 0 Å². The summed E-state index contributed by atoms with van der Waals surface area (Å²) in [6, 6.07) is 0. The first-order chi connectivity index (χ1) is 4.62. The first-order valence-corrected chi connectivity index (χ1v) is 3.75. The second-order valence-corrected chi connectivity index (χ2v) is 3.27. The number of hydrogen-bond acceptors (Lipinski definition) is 1. The van der Waals surface area contributed by atoms with Gasteiger partial charge in [0.2, 0.25) is 0 Å². The van der Waals surface area contributed by atoms with Crippen LogP contribution in [0.15, 0.2) is 12.7 Å². The number of rotatable bonds is 5. The minimum absolute atomic E-state index is 0.790. The van der Waals surface area contributed by atoms with Crippen LogP contribution in [0.5, 0.6) is 0 Å². The van der Waals surface area contributed by atoms with Gasteiger partial charge in [-0.2, -0.15) is 0 Å². The standard InChI is InChI=1S/C8H19N2/c1-4-7-10(2,3)8-5-6-9/h4H,1,5-9H2,2-3H3/q+1. The predicted molar refractivity (Wildman–Crippen MR) is 45.7 cm³/mol. The van der Waals surface area contributed by atoms with Crippen molar-refractivity contribution in [2.45, 2.75) is 6.42 Å². The summed E-state index contributed by atoms with van der Waals surface area (Å²) in [5, 5.41) is 0. The molecule has 0 radical (unpaired) electrons. The van der Waals surface area contributed by atoms with Crippen molar-refractivity contribution in [3.63, 3.8) is 0 Å². The lowest BCUT2D eigenvalue weighted by Gasteiger charge is -2.27. The van der Waals surface area contributed by atoms with Crippen molar-refractivity contribution in [1.29, 1.82) is 0 Å². The molecule has 0 saturated heterocycles.